The van der Waals surface area contributed by atoms with Gasteiger partial charge in [0.1, 0.15) is 5.75 Å². The molecule has 0 spiro atoms. The highest BCUT2D eigenvalue weighted by molar-refractivity contribution is 6.62. The zero-order valence-corrected chi connectivity index (χ0v) is 18.0. The second kappa shape index (κ2) is 12.7. The van der Waals surface area contributed by atoms with Crippen molar-refractivity contribution in [2.75, 3.05) is 26.9 Å². The molecule has 0 N–H and O–H groups in total. The van der Waals surface area contributed by atoms with Crippen molar-refractivity contribution in [2.24, 2.45) is 0 Å². The summed E-state index contributed by atoms with van der Waals surface area (Å²) in [4.78, 5) is 11.3. The van der Waals surface area contributed by atoms with E-state index in [0.29, 0.717) is 25.6 Å². The average molecular weight is 397 g/mol. The monoisotopic (exact) mass is 396 g/mol. The Morgan fingerprint density at radius 2 is 1.70 bits per heavy atom. The van der Waals surface area contributed by atoms with E-state index in [-0.39, 0.29) is 5.73 Å². The highest BCUT2D eigenvalue weighted by Crippen LogP contribution is 2.25. The van der Waals surface area contributed by atoms with Crippen LogP contribution in [-0.2, 0) is 22.8 Å². The number of methoxy groups -OCH3 is 1. The molecular weight excluding hydrogens is 364 g/mol. The van der Waals surface area contributed by atoms with E-state index in [1.54, 1.807) is 6.08 Å². The SMILES string of the molecule is CCCC(Oc1cccc(/C=C/C(=O)OC)c1)[Si](OCC)(OCC)OCC. The third-order valence-corrected chi connectivity index (χ3v) is 7.00. The Labute approximate surface area is 163 Å². The molecule has 0 saturated carbocycles. The largest absolute Gasteiger partial charge is 0.543 e. The quantitative estimate of drug-likeness (QED) is 0.285. The molecule has 6 nitrogen and oxygen atoms in total. The van der Waals surface area contributed by atoms with E-state index < -0.39 is 14.8 Å². The van der Waals surface area contributed by atoms with Gasteiger partial charge in [-0.05, 0) is 51.0 Å². The molecule has 0 fully saturated rings. The molecule has 0 aliphatic heterocycles. The van der Waals surface area contributed by atoms with Crippen LogP contribution in [0.15, 0.2) is 30.3 Å². The zero-order valence-electron chi connectivity index (χ0n) is 17.0. The maximum absolute atomic E-state index is 11.3. The van der Waals surface area contributed by atoms with Gasteiger partial charge in [-0.2, -0.15) is 0 Å². The topological polar surface area (TPSA) is 63.2 Å². The molecule has 0 aromatic heterocycles. The van der Waals surface area contributed by atoms with E-state index in [1.165, 1.54) is 13.2 Å². The minimum absolute atomic E-state index is 0.304. The molecule has 1 atom stereocenters. The van der Waals surface area contributed by atoms with Crippen molar-refractivity contribution in [3.05, 3.63) is 35.9 Å². The number of hydrogen-bond donors (Lipinski definition) is 0. The predicted molar refractivity (Wildman–Crippen MR) is 107 cm³/mol. The lowest BCUT2D eigenvalue weighted by atomic mass is 10.2. The fourth-order valence-corrected chi connectivity index (χ4v) is 5.60. The van der Waals surface area contributed by atoms with Crippen LogP contribution < -0.4 is 4.74 Å². The van der Waals surface area contributed by atoms with Crippen LogP contribution in [0.3, 0.4) is 0 Å². The second-order valence-electron chi connectivity index (χ2n) is 5.73. The van der Waals surface area contributed by atoms with Crippen LogP contribution in [0.25, 0.3) is 6.08 Å². The predicted octanol–water partition coefficient (Wildman–Crippen LogP) is 4.01. The van der Waals surface area contributed by atoms with E-state index >= 15 is 0 Å². The molecule has 152 valence electrons. The first kappa shape index (κ1) is 23.4. The van der Waals surface area contributed by atoms with Gasteiger partial charge in [-0.25, -0.2) is 4.79 Å². The summed E-state index contributed by atoms with van der Waals surface area (Å²) in [6.45, 7) is 9.38. The number of benzene rings is 1. The van der Waals surface area contributed by atoms with Crippen LogP contribution >= 0.6 is 0 Å². The average Bonchev–Trinajstić information content (AvgIpc) is 2.66. The van der Waals surface area contributed by atoms with Crippen LogP contribution in [0.1, 0.15) is 46.1 Å². The Morgan fingerprint density at radius 1 is 1.07 bits per heavy atom. The molecule has 0 amide bonds. The summed E-state index contributed by atoms with van der Waals surface area (Å²) in [5.41, 5.74) is 0.534. The van der Waals surface area contributed by atoms with Crippen LogP contribution in [0.2, 0.25) is 0 Å². The summed E-state index contributed by atoms with van der Waals surface area (Å²) < 4.78 is 29.0. The fourth-order valence-electron chi connectivity index (χ4n) is 2.67. The van der Waals surface area contributed by atoms with Crippen LogP contribution in [0.5, 0.6) is 5.75 Å². The molecule has 0 radical (unpaired) electrons. The lowest BCUT2D eigenvalue weighted by Gasteiger charge is -2.35. The van der Waals surface area contributed by atoms with Crippen molar-refractivity contribution < 1.29 is 27.5 Å². The number of rotatable bonds is 13. The summed E-state index contributed by atoms with van der Waals surface area (Å²) in [6.07, 6.45) is 4.73. The number of ether oxygens (including phenoxy) is 2. The second-order valence-corrected chi connectivity index (χ2v) is 8.44. The van der Waals surface area contributed by atoms with Crippen LogP contribution in [-0.4, -0.2) is 47.4 Å². The molecule has 0 aliphatic carbocycles. The minimum atomic E-state index is -3.00. The molecule has 1 aromatic rings. The van der Waals surface area contributed by atoms with Crippen LogP contribution in [0, 0.1) is 0 Å². The van der Waals surface area contributed by atoms with E-state index in [4.69, 9.17) is 18.0 Å². The van der Waals surface area contributed by atoms with Crippen molar-refractivity contribution in [1.82, 2.24) is 0 Å². The lowest BCUT2D eigenvalue weighted by molar-refractivity contribution is -0.134. The fraction of sp³-hybridized carbons (Fsp3) is 0.550. The molecule has 1 unspecified atom stereocenters. The van der Waals surface area contributed by atoms with E-state index in [0.717, 1.165) is 18.4 Å². The van der Waals surface area contributed by atoms with Gasteiger partial charge in [-0.15, -0.1) is 0 Å². The Balaban J connectivity index is 3.09. The summed E-state index contributed by atoms with van der Waals surface area (Å²) >= 11 is 0. The van der Waals surface area contributed by atoms with Gasteiger partial charge in [0.15, 0.2) is 5.73 Å². The summed E-state index contributed by atoms with van der Waals surface area (Å²) in [7, 11) is -1.65. The van der Waals surface area contributed by atoms with Crippen molar-refractivity contribution >= 4 is 20.8 Å². The zero-order chi connectivity index (χ0) is 20.1. The van der Waals surface area contributed by atoms with Crippen molar-refractivity contribution in [3.63, 3.8) is 0 Å². The smallest absolute Gasteiger partial charge is 0.486 e. The van der Waals surface area contributed by atoms with Crippen LogP contribution in [0.4, 0.5) is 0 Å². The first-order valence-corrected chi connectivity index (χ1v) is 11.3. The highest BCUT2D eigenvalue weighted by Gasteiger charge is 2.51. The maximum atomic E-state index is 11.3. The molecule has 7 heteroatoms. The Kier molecular flexibility index (Phi) is 11.0. The van der Waals surface area contributed by atoms with Gasteiger partial charge in [0.05, 0.1) is 7.11 Å². The molecule has 27 heavy (non-hydrogen) atoms. The lowest BCUT2D eigenvalue weighted by Crippen LogP contribution is -2.58. The number of esters is 1. The third kappa shape index (κ3) is 7.46. The first-order chi connectivity index (χ1) is 13.0. The van der Waals surface area contributed by atoms with E-state index in [1.807, 2.05) is 45.0 Å². The third-order valence-electron chi connectivity index (χ3n) is 3.73. The molecule has 0 saturated heterocycles. The van der Waals surface area contributed by atoms with E-state index in [9.17, 15) is 4.79 Å². The highest BCUT2D eigenvalue weighted by atomic mass is 28.4. The number of hydrogen-bond acceptors (Lipinski definition) is 6. The molecule has 0 aliphatic rings. The summed E-state index contributed by atoms with van der Waals surface area (Å²) in [6, 6.07) is 7.51. The van der Waals surface area contributed by atoms with E-state index in [2.05, 4.69) is 11.7 Å². The normalized spacial score (nSPS) is 12.9. The molecule has 1 rings (SSSR count). The minimum Gasteiger partial charge on any atom is -0.486 e. The standard InChI is InChI=1S/C20H32O6Si/c1-6-11-20(27(23-7-2,24-8-3)25-9-4)26-18-13-10-12-17(16-18)14-15-19(21)22-5/h10,12-16,20H,6-9,11H2,1-5H3/b15-14+. The Morgan fingerprint density at radius 3 is 2.22 bits per heavy atom. The molecule has 1 aromatic carbocycles. The van der Waals surface area contributed by atoms with Gasteiger partial charge >= 0.3 is 14.8 Å². The van der Waals surface area contributed by atoms with Gasteiger partial charge < -0.3 is 22.8 Å². The molecule has 0 bridgehead atoms. The first-order valence-electron chi connectivity index (χ1n) is 9.49. The molecular formula is C20H32O6Si. The van der Waals surface area contributed by atoms with Crippen molar-refractivity contribution in [3.8, 4) is 5.75 Å². The van der Waals surface area contributed by atoms with Gasteiger partial charge in [0, 0.05) is 25.9 Å². The summed E-state index contributed by atoms with van der Waals surface area (Å²) in [5.74, 6) is 0.275. The maximum Gasteiger partial charge on any atom is 0.543 e. The van der Waals surface area contributed by atoms with Gasteiger partial charge in [0.2, 0.25) is 0 Å². The Hall–Kier alpha value is -1.67. The summed E-state index contributed by atoms with van der Waals surface area (Å²) in [5, 5.41) is 0. The van der Waals surface area contributed by atoms with Gasteiger partial charge in [0.25, 0.3) is 0 Å². The number of carbonyl (C=O) groups is 1. The number of carbonyl (C=O) groups excluding carboxylic acids is 1. The van der Waals surface area contributed by atoms with Gasteiger partial charge in [-0.1, -0.05) is 25.5 Å². The Bertz CT molecular complexity index is 573. The van der Waals surface area contributed by atoms with Crippen molar-refractivity contribution in [1.29, 1.82) is 0 Å². The molecule has 0 heterocycles. The van der Waals surface area contributed by atoms with Crippen molar-refractivity contribution in [2.45, 2.75) is 46.3 Å². The van der Waals surface area contributed by atoms with Gasteiger partial charge in [-0.3, -0.25) is 0 Å².